The van der Waals surface area contributed by atoms with Gasteiger partial charge in [-0.05, 0) is 36.5 Å². The summed E-state index contributed by atoms with van der Waals surface area (Å²) in [7, 11) is 0. The van der Waals surface area contributed by atoms with Crippen LogP contribution >= 0.6 is 11.6 Å². The Hall–Kier alpha value is -1.06. The second kappa shape index (κ2) is 5.74. The fourth-order valence-corrected chi connectivity index (χ4v) is 2.52. The number of nitrogens with one attached hydrogen (secondary N) is 1. The summed E-state index contributed by atoms with van der Waals surface area (Å²) in [4.78, 5) is 14.3. The van der Waals surface area contributed by atoms with Gasteiger partial charge in [0.05, 0.1) is 6.04 Å². The van der Waals surface area contributed by atoms with E-state index in [9.17, 15) is 4.79 Å². The van der Waals surface area contributed by atoms with Gasteiger partial charge in [0.15, 0.2) is 0 Å². The molecule has 0 radical (unpaired) electrons. The largest absolute Gasteiger partial charge is 0.322 e. The molecule has 0 spiro atoms. The predicted molar refractivity (Wildman–Crippen MR) is 82.6 cm³/mol. The molecule has 1 aromatic rings. The van der Waals surface area contributed by atoms with E-state index in [2.05, 4.69) is 26.1 Å². The van der Waals surface area contributed by atoms with E-state index in [1.54, 1.807) is 0 Å². The highest BCUT2D eigenvalue weighted by Gasteiger charge is 2.37. The van der Waals surface area contributed by atoms with Crippen LogP contribution < -0.4 is 5.32 Å². The van der Waals surface area contributed by atoms with Crippen molar-refractivity contribution in [2.24, 2.45) is 5.41 Å². The zero-order chi connectivity index (χ0) is 14.9. The van der Waals surface area contributed by atoms with E-state index in [0.717, 1.165) is 18.5 Å². The van der Waals surface area contributed by atoms with Crippen molar-refractivity contribution in [3.05, 3.63) is 34.9 Å². The van der Waals surface area contributed by atoms with E-state index in [1.165, 1.54) is 0 Å². The van der Waals surface area contributed by atoms with Crippen LogP contribution in [-0.4, -0.2) is 23.4 Å². The molecular formula is C16H23ClN2O. The van der Waals surface area contributed by atoms with E-state index in [0.29, 0.717) is 5.02 Å². The van der Waals surface area contributed by atoms with Crippen LogP contribution in [0.25, 0.3) is 0 Å². The molecule has 1 amide bonds. The molecule has 3 nitrogen and oxygen atoms in total. The van der Waals surface area contributed by atoms with Crippen molar-refractivity contribution in [1.29, 1.82) is 0 Å². The lowest BCUT2D eigenvalue weighted by Gasteiger charge is -2.28. The second-order valence-corrected chi connectivity index (χ2v) is 7.12. The molecule has 4 heteroatoms. The summed E-state index contributed by atoms with van der Waals surface area (Å²) in [6.07, 6.45) is 0.939. The second-order valence-electron chi connectivity index (χ2n) is 6.68. The molecule has 0 aromatic heterocycles. The summed E-state index contributed by atoms with van der Waals surface area (Å²) in [6, 6.07) is 7.57. The van der Waals surface area contributed by atoms with Gasteiger partial charge in [0.2, 0.25) is 5.91 Å². The lowest BCUT2D eigenvalue weighted by atomic mass is 9.92. The van der Waals surface area contributed by atoms with Crippen molar-refractivity contribution in [3.63, 3.8) is 0 Å². The molecule has 2 rings (SSSR count). The third-order valence-electron chi connectivity index (χ3n) is 3.66. The highest BCUT2D eigenvalue weighted by Crippen LogP contribution is 2.29. The average Bonchev–Trinajstić information content (AvgIpc) is 2.63. The van der Waals surface area contributed by atoms with Crippen LogP contribution in [0.5, 0.6) is 0 Å². The number of halogens is 1. The highest BCUT2D eigenvalue weighted by molar-refractivity contribution is 6.30. The smallest absolute Gasteiger partial charge is 0.241 e. The number of nitrogens with zero attached hydrogens (tertiary/aromatic N) is 1. The van der Waals surface area contributed by atoms with Crippen LogP contribution in [0, 0.1) is 5.41 Å². The molecule has 1 aliphatic rings. The van der Waals surface area contributed by atoms with E-state index < -0.39 is 0 Å². The summed E-state index contributed by atoms with van der Waals surface area (Å²) in [6.45, 7) is 9.28. The first kappa shape index (κ1) is 15.3. The Bertz CT molecular complexity index is 478. The lowest BCUT2D eigenvalue weighted by molar-refractivity contribution is -0.130. The van der Waals surface area contributed by atoms with Gasteiger partial charge >= 0.3 is 0 Å². The number of carbonyl (C=O) groups is 1. The zero-order valence-electron chi connectivity index (χ0n) is 12.6. The Kier molecular flexibility index (Phi) is 4.40. The van der Waals surface area contributed by atoms with Crippen LogP contribution in [0.1, 0.15) is 45.8 Å². The third kappa shape index (κ3) is 3.53. The summed E-state index contributed by atoms with van der Waals surface area (Å²) in [5.74, 6) is 0.175. The first-order valence-corrected chi connectivity index (χ1v) is 7.48. The van der Waals surface area contributed by atoms with Gasteiger partial charge in [0.25, 0.3) is 0 Å². The van der Waals surface area contributed by atoms with Gasteiger partial charge in [-0.3, -0.25) is 10.1 Å². The van der Waals surface area contributed by atoms with E-state index in [-0.39, 0.29) is 23.5 Å². The molecular weight excluding hydrogens is 272 g/mol. The van der Waals surface area contributed by atoms with Crippen LogP contribution in [0.4, 0.5) is 0 Å². The molecule has 1 fully saturated rings. The molecule has 0 bridgehead atoms. The Labute approximate surface area is 126 Å². The Balaban J connectivity index is 2.17. The minimum Gasteiger partial charge on any atom is -0.322 e. The van der Waals surface area contributed by atoms with Crippen molar-refractivity contribution < 1.29 is 4.79 Å². The van der Waals surface area contributed by atoms with Gasteiger partial charge < -0.3 is 4.90 Å². The summed E-state index contributed by atoms with van der Waals surface area (Å²) < 4.78 is 0. The zero-order valence-corrected chi connectivity index (χ0v) is 13.4. The van der Waals surface area contributed by atoms with Gasteiger partial charge in [0.1, 0.15) is 6.17 Å². The molecule has 0 saturated carbocycles. The summed E-state index contributed by atoms with van der Waals surface area (Å²) >= 11 is 5.93. The molecule has 2 atom stereocenters. The maximum Gasteiger partial charge on any atom is 0.241 e. The first-order valence-electron chi connectivity index (χ1n) is 7.10. The molecule has 1 aromatic carbocycles. The van der Waals surface area contributed by atoms with Crippen LogP contribution in [0.3, 0.4) is 0 Å². The molecule has 110 valence electrons. The standard InChI is InChI=1S/C16H23ClN2O/c1-11-15(20)19(10-9-16(2,3)4)14(18-11)12-5-7-13(17)8-6-12/h5-8,11,14,18H,9-10H2,1-4H3. The molecule has 2 unspecified atom stereocenters. The number of amides is 1. The number of rotatable bonds is 3. The number of hydrogen-bond donors (Lipinski definition) is 1. The fourth-order valence-electron chi connectivity index (χ4n) is 2.39. The van der Waals surface area contributed by atoms with Crippen molar-refractivity contribution in [3.8, 4) is 0 Å². The topological polar surface area (TPSA) is 32.3 Å². The molecule has 1 heterocycles. The van der Waals surface area contributed by atoms with Gasteiger partial charge in [-0.1, -0.05) is 44.5 Å². The summed E-state index contributed by atoms with van der Waals surface area (Å²) in [5, 5.41) is 4.07. The minimum atomic E-state index is -0.129. The number of benzene rings is 1. The number of carbonyl (C=O) groups excluding carboxylic acids is 1. The van der Waals surface area contributed by atoms with Gasteiger partial charge in [-0.25, -0.2) is 0 Å². The van der Waals surface area contributed by atoms with Crippen molar-refractivity contribution >= 4 is 17.5 Å². The average molecular weight is 295 g/mol. The van der Waals surface area contributed by atoms with Crippen molar-refractivity contribution in [2.45, 2.75) is 46.3 Å². The van der Waals surface area contributed by atoms with E-state index >= 15 is 0 Å². The summed E-state index contributed by atoms with van der Waals surface area (Å²) in [5.41, 5.74) is 1.30. The Morgan fingerprint density at radius 1 is 1.25 bits per heavy atom. The number of hydrogen-bond acceptors (Lipinski definition) is 2. The van der Waals surface area contributed by atoms with Crippen LogP contribution in [-0.2, 0) is 4.79 Å². The Morgan fingerprint density at radius 2 is 1.85 bits per heavy atom. The molecule has 1 saturated heterocycles. The maximum atomic E-state index is 12.3. The van der Waals surface area contributed by atoms with Gasteiger partial charge in [-0.2, -0.15) is 0 Å². The minimum absolute atomic E-state index is 0.0443. The SMILES string of the molecule is CC1NC(c2ccc(Cl)cc2)N(CCC(C)(C)C)C1=O. The highest BCUT2D eigenvalue weighted by atomic mass is 35.5. The molecule has 1 N–H and O–H groups in total. The van der Waals surface area contributed by atoms with Crippen LogP contribution in [0.2, 0.25) is 5.02 Å². The Morgan fingerprint density at radius 3 is 2.40 bits per heavy atom. The van der Waals surface area contributed by atoms with E-state index in [1.807, 2.05) is 36.1 Å². The first-order chi connectivity index (χ1) is 9.28. The quantitative estimate of drug-likeness (QED) is 0.924. The molecule has 1 aliphatic heterocycles. The van der Waals surface area contributed by atoms with Crippen LogP contribution in [0.15, 0.2) is 24.3 Å². The maximum absolute atomic E-state index is 12.3. The fraction of sp³-hybridized carbons (Fsp3) is 0.562. The third-order valence-corrected chi connectivity index (χ3v) is 3.91. The molecule has 20 heavy (non-hydrogen) atoms. The van der Waals surface area contributed by atoms with Gasteiger partial charge in [-0.15, -0.1) is 0 Å². The monoisotopic (exact) mass is 294 g/mol. The predicted octanol–water partition coefficient (Wildman–Crippen LogP) is 3.60. The molecule has 0 aliphatic carbocycles. The normalized spacial score (nSPS) is 23.4. The lowest BCUT2D eigenvalue weighted by Crippen LogP contribution is -2.33. The van der Waals surface area contributed by atoms with E-state index in [4.69, 9.17) is 11.6 Å². The van der Waals surface area contributed by atoms with Gasteiger partial charge in [0, 0.05) is 11.6 Å². The van der Waals surface area contributed by atoms with Crippen molar-refractivity contribution in [1.82, 2.24) is 10.2 Å². The van der Waals surface area contributed by atoms with Crippen molar-refractivity contribution in [2.75, 3.05) is 6.54 Å².